The van der Waals surface area contributed by atoms with E-state index < -0.39 is 259 Å². The van der Waals surface area contributed by atoms with E-state index in [9.17, 15) is 112 Å². The first-order valence-electron chi connectivity index (χ1n) is 25.0. The summed E-state index contributed by atoms with van der Waals surface area (Å²) in [5, 5.41) is 235. The van der Waals surface area contributed by atoms with Gasteiger partial charge in [0.05, 0.1) is 45.7 Å². The molecule has 462 valence electrons. The Morgan fingerprint density at radius 2 is 0.506 bits per heavy atom. The summed E-state index contributed by atoms with van der Waals surface area (Å²) in [6.45, 7) is -5.58. The Morgan fingerprint density at radius 3 is 0.823 bits per heavy atom. The summed E-state index contributed by atoms with van der Waals surface area (Å²) in [6.07, 6.45) is -63.9. The van der Waals surface area contributed by atoms with Crippen LogP contribution in [0.3, 0.4) is 0 Å². The molecule has 35 nitrogen and oxygen atoms in total. The minimum Gasteiger partial charge on any atom is -0.394 e. The van der Waals surface area contributed by atoms with Crippen molar-refractivity contribution in [3.05, 3.63) is 0 Å². The first kappa shape index (κ1) is 65.5. The first-order valence-corrected chi connectivity index (χ1v) is 26.1. The number of hydrogen-bond donors (Lipinski definition) is 22. The van der Waals surface area contributed by atoms with Gasteiger partial charge >= 0.3 is 0 Å². The molecule has 0 aromatic rings. The van der Waals surface area contributed by atoms with Gasteiger partial charge in [0.25, 0.3) is 0 Å². The maximum absolute atomic E-state index is 11.8. The fourth-order valence-electron chi connectivity index (χ4n) is 10.1. The van der Waals surface area contributed by atoms with Crippen molar-refractivity contribution < 1.29 is 174 Å². The Labute approximate surface area is 451 Å². The van der Waals surface area contributed by atoms with Gasteiger partial charge in [0.1, 0.15) is 170 Å². The largest absolute Gasteiger partial charge is 0.394 e. The van der Waals surface area contributed by atoms with Gasteiger partial charge in [-0.2, -0.15) is 0 Å². The highest BCUT2D eigenvalue weighted by molar-refractivity contribution is 7.99. The highest BCUT2D eigenvalue weighted by atomic mass is 32.2. The van der Waals surface area contributed by atoms with Gasteiger partial charge in [0, 0.05) is 12.9 Å². The van der Waals surface area contributed by atoms with E-state index in [1.54, 1.807) is 0 Å². The van der Waals surface area contributed by atoms with Crippen LogP contribution in [0, 0.1) is 0 Å². The maximum Gasteiger partial charge on any atom is 0.187 e. The van der Waals surface area contributed by atoms with Gasteiger partial charge in [0.15, 0.2) is 37.7 Å². The molecule has 22 N–H and O–H groups in total. The molecule has 79 heavy (non-hydrogen) atoms. The molecule has 0 unspecified atom stereocenters. The number of aliphatic hydroxyl groups excluding tert-OH is 22. The van der Waals surface area contributed by atoms with Crippen LogP contribution in [0.15, 0.2) is 0 Å². The maximum atomic E-state index is 11.8. The quantitative estimate of drug-likeness (QED) is 0.0538. The van der Waals surface area contributed by atoms with Gasteiger partial charge in [-0.3, -0.25) is 0 Å². The molecule has 7 rings (SSSR count). The standard InChI is InChI=1S/C43H74O35S/c1-66-37-27(61)20(54)32(11(4-46)69-37)75-40-28(62)21(55)34(13(6-48)70-40)76-42-30(64)23(57)36(78-41-29(63)22(56)33(12(5-47)71-41)74-38-25(59)18(52)16(50)9(2-44)67-38)15(72-42)8-79-43-31(65)24(58)35(14(7-49)73-43)77-39-26(60)19(53)17(51)10(3-45)68-39/h9-65H,2-8H2,1H3/t9-,10-,11-,12-,13-,14-,15-,16-,17-,18+,19+,20-,21-,22-,23-,24-,25-,26-,27-,28-,29-,30-,31-,32-,33-,34-,35-,36-,37+,38-,39-,40+,41-,42-,43-/m1/s1. The van der Waals surface area contributed by atoms with Gasteiger partial charge in [-0.15, -0.1) is 11.8 Å². The number of hydrogen-bond acceptors (Lipinski definition) is 36. The van der Waals surface area contributed by atoms with Crippen molar-refractivity contribution in [1.29, 1.82) is 0 Å². The van der Waals surface area contributed by atoms with Crippen LogP contribution in [0.1, 0.15) is 0 Å². The molecule has 0 radical (unpaired) electrons. The lowest BCUT2D eigenvalue weighted by molar-refractivity contribution is -0.390. The lowest BCUT2D eigenvalue weighted by atomic mass is 9.95. The van der Waals surface area contributed by atoms with Crippen LogP contribution < -0.4 is 0 Å². The number of methoxy groups -OCH3 is 1. The summed E-state index contributed by atoms with van der Waals surface area (Å²) in [5.41, 5.74) is -1.61. The van der Waals surface area contributed by atoms with E-state index in [1.165, 1.54) is 0 Å². The van der Waals surface area contributed by atoms with E-state index in [0.717, 1.165) is 7.11 Å². The Kier molecular flexibility index (Phi) is 23.6. The van der Waals surface area contributed by atoms with Crippen LogP contribution in [0.2, 0.25) is 0 Å². The molecule has 0 aromatic heterocycles. The Hall–Kier alpha value is -1.05. The van der Waals surface area contributed by atoms with Crippen molar-refractivity contribution in [3.63, 3.8) is 0 Å². The van der Waals surface area contributed by atoms with Gasteiger partial charge in [-0.1, -0.05) is 0 Å². The minimum absolute atomic E-state index is 0.571. The van der Waals surface area contributed by atoms with Crippen molar-refractivity contribution in [3.8, 4) is 0 Å². The average molecular weight is 1180 g/mol. The normalized spacial score (nSPS) is 53.0. The third kappa shape index (κ3) is 13.7. The highest BCUT2D eigenvalue weighted by Gasteiger charge is 2.58. The van der Waals surface area contributed by atoms with E-state index in [0.29, 0.717) is 11.8 Å². The van der Waals surface area contributed by atoms with E-state index in [-0.39, 0.29) is 0 Å². The summed E-state index contributed by atoms with van der Waals surface area (Å²) in [5.74, 6) is -0.601. The summed E-state index contributed by atoms with van der Waals surface area (Å²) in [4.78, 5) is 0. The highest BCUT2D eigenvalue weighted by Crippen LogP contribution is 2.39. The second-order valence-corrected chi connectivity index (χ2v) is 20.9. The summed E-state index contributed by atoms with van der Waals surface area (Å²) >= 11 is 0.571. The van der Waals surface area contributed by atoms with Crippen molar-refractivity contribution in [2.24, 2.45) is 0 Å². The van der Waals surface area contributed by atoms with Crippen molar-refractivity contribution in [2.45, 2.75) is 214 Å². The number of rotatable bonds is 20. The van der Waals surface area contributed by atoms with Crippen LogP contribution in [0.25, 0.3) is 0 Å². The van der Waals surface area contributed by atoms with Crippen molar-refractivity contribution in [1.82, 2.24) is 0 Å². The zero-order valence-electron chi connectivity index (χ0n) is 41.7. The number of ether oxygens (including phenoxy) is 13. The molecule has 0 spiro atoms. The van der Waals surface area contributed by atoms with Gasteiger partial charge in [-0.25, -0.2) is 0 Å². The van der Waals surface area contributed by atoms with E-state index >= 15 is 0 Å². The summed E-state index contributed by atoms with van der Waals surface area (Å²) < 4.78 is 73.1. The topological polar surface area (TPSA) is 565 Å². The molecule has 36 heteroatoms. The third-order valence-corrected chi connectivity index (χ3v) is 16.0. The van der Waals surface area contributed by atoms with Crippen LogP contribution >= 0.6 is 11.8 Å². The second kappa shape index (κ2) is 28.4. The summed E-state index contributed by atoms with van der Waals surface area (Å²) in [7, 11) is 1.14. The predicted octanol–water partition coefficient (Wildman–Crippen LogP) is -14.9. The third-order valence-electron chi connectivity index (χ3n) is 14.7. The number of aliphatic hydroxyl groups is 22. The molecule has 35 atom stereocenters. The fraction of sp³-hybridized carbons (Fsp3) is 1.00. The van der Waals surface area contributed by atoms with Gasteiger partial charge in [0.2, 0.25) is 0 Å². The van der Waals surface area contributed by atoms with Crippen LogP contribution in [0.4, 0.5) is 0 Å². The molecule has 0 amide bonds. The molecule has 0 aliphatic carbocycles. The smallest absolute Gasteiger partial charge is 0.187 e. The zero-order valence-corrected chi connectivity index (χ0v) is 42.5. The van der Waals surface area contributed by atoms with Crippen molar-refractivity contribution >= 4 is 11.8 Å². The SMILES string of the molecule is CO[C@H]1O[C@H](CO)[C@@H](O[C@@H]2O[C@H](CO)[C@@H](O[C@H]3O[C@H](CS[C@H]4O[C@H](CO)[C@@H](O[C@H]5O[C@H](CO)[C@@H](O)[C@H](O)[C@H]5O)[C@H](O)[C@H]4O)[C@@H](O[C@H]4O[C@H](CO)[C@@H](O[C@H]5O[C@H](CO)[C@@H](O)[C@H](O)[C@H]5O)[C@H](O)[C@H]4O)[C@H](O)[C@H]3O)[C@H](O)[C@H]2O)[C@H](O)[C@H]1O. The molecular formula is C43H74O35S. The van der Waals surface area contributed by atoms with E-state index in [4.69, 9.17) is 61.6 Å². The predicted molar refractivity (Wildman–Crippen MR) is 243 cm³/mol. The molecule has 0 saturated carbocycles. The van der Waals surface area contributed by atoms with E-state index in [1.807, 2.05) is 0 Å². The molecule has 0 aromatic carbocycles. The molecular weight excluding hydrogens is 1110 g/mol. The molecule has 7 saturated heterocycles. The van der Waals surface area contributed by atoms with Crippen LogP contribution in [0.5, 0.6) is 0 Å². The minimum atomic E-state index is -2.28. The first-order chi connectivity index (χ1) is 37.5. The summed E-state index contributed by atoms with van der Waals surface area (Å²) in [6, 6.07) is 0. The molecule has 7 heterocycles. The molecule has 7 aliphatic rings. The molecule has 7 aliphatic heterocycles. The lowest BCUT2D eigenvalue weighted by Gasteiger charge is -2.50. The van der Waals surface area contributed by atoms with E-state index in [2.05, 4.69) is 0 Å². The lowest BCUT2D eigenvalue weighted by Crippen LogP contribution is -2.68. The van der Waals surface area contributed by atoms with Gasteiger partial charge < -0.3 is 174 Å². The Bertz CT molecular complexity index is 1830. The van der Waals surface area contributed by atoms with Crippen molar-refractivity contribution in [2.75, 3.05) is 52.5 Å². The van der Waals surface area contributed by atoms with Crippen LogP contribution in [-0.2, 0) is 61.6 Å². The average Bonchev–Trinajstić information content (AvgIpc) is 3.47. The Balaban J connectivity index is 1.10. The monoisotopic (exact) mass is 1180 g/mol. The van der Waals surface area contributed by atoms with Crippen LogP contribution in [-0.4, -0.2) is 379 Å². The molecule has 0 bridgehead atoms. The zero-order chi connectivity index (χ0) is 58.1. The Morgan fingerprint density at radius 1 is 0.266 bits per heavy atom. The van der Waals surface area contributed by atoms with Gasteiger partial charge in [-0.05, 0) is 0 Å². The molecule has 7 fully saturated rings. The fourth-order valence-corrected chi connectivity index (χ4v) is 11.3. The number of thioether (sulfide) groups is 1. The second-order valence-electron chi connectivity index (χ2n) is 19.8.